The van der Waals surface area contributed by atoms with Crippen molar-refractivity contribution in [1.29, 1.82) is 0 Å². The Labute approximate surface area is 135 Å². The molecular weight excluding hydrogens is 298 g/mol. The molecular formula is C16H23N3O4. The largest absolute Gasteiger partial charge is 0.381 e. The van der Waals surface area contributed by atoms with Gasteiger partial charge in [-0.15, -0.1) is 0 Å². The van der Waals surface area contributed by atoms with Crippen molar-refractivity contribution in [3.05, 3.63) is 33.9 Å². The number of nitrogens with one attached hydrogen (secondary N) is 1. The maximum Gasteiger partial charge on any atom is 0.270 e. The monoisotopic (exact) mass is 321 g/mol. The van der Waals surface area contributed by atoms with Gasteiger partial charge in [-0.25, -0.2) is 0 Å². The second kappa shape index (κ2) is 7.92. The van der Waals surface area contributed by atoms with E-state index >= 15 is 0 Å². The molecule has 0 spiro atoms. The minimum atomic E-state index is -0.482. The molecule has 1 atom stereocenters. The van der Waals surface area contributed by atoms with Gasteiger partial charge >= 0.3 is 0 Å². The van der Waals surface area contributed by atoms with Gasteiger partial charge in [0.05, 0.1) is 22.8 Å². The lowest BCUT2D eigenvalue weighted by atomic mass is 9.97. The summed E-state index contributed by atoms with van der Waals surface area (Å²) in [5.41, 5.74) is 1.02. The van der Waals surface area contributed by atoms with Crippen LogP contribution in [-0.2, 0) is 4.74 Å². The van der Waals surface area contributed by atoms with Crippen LogP contribution in [-0.4, -0.2) is 44.2 Å². The standard InChI is InChI=1S/C16H23N3O4/c1-3-23-11-12-5-4-8-18(10-12)15-7-6-13(19(21)22)9-14(15)16(20)17-2/h6-7,9,12H,3-5,8,10-11H2,1-2H3,(H,17,20). The molecule has 23 heavy (non-hydrogen) atoms. The minimum absolute atomic E-state index is 0.0739. The first kappa shape index (κ1) is 17.2. The van der Waals surface area contributed by atoms with Gasteiger partial charge < -0.3 is 15.0 Å². The number of non-ortho nitro benzene ring substituents is 1. The summed E-state index contributed by atoms with van der Waals surface area (Å²) in [6.45, 7) is 5.00. The Bertz CT molecular complexity index is 576. The Morgan fingerprint density at radius 1 is 1.52 bits per heavy atom. The number of carbonyl (C=O) groups excluding carboxylic acids is 1. The topological polar surface area (TPSA) is 84.7 Å². The summed E-state index contributed by atoms with van der Waals surface area (Å²) in [6, 6.07) is 4.47. The number of nitrogens with zero attached hydrogens (tertiary/aromatic N) is 2. The number of nitro groups is 1. The van der Waals surface area contributed by atoms with Crippen LogP contribution in [0, 0.1) is 16.0 Å². The van der Waals surface area contributed by atoms with E-state index in [1.807, 2.05) is 6.92 Å². The molecule has 1 aromatic rings. The van der Waals surface area contributed by atoms with Crippen molar-refractivity contribution in [2.75, 3.05) is 38.3 Å². The molecule has 0 saturated carbocycles. The second-order valence-corrected chi connectivity index (χ2v) is 5.65. The third-order valence-electron chi connectivity index (χ3n) is 4.08. The summed E-state index contributed by atoms with van der Waals surface area (Å²) >= 11 is 0. The van der Waals surface area contributed by atoms with Crippen molar-refractivity contribution in [3.8, 4) is 0 Å². The predicted octanol–water partition coefficient (Wildman–Crippen LogP) is 2.21. The van der Waals surface area contributed by atoms with Crippen LogP contribution in [0.5, 0.6) is 0 Å². The van der Waals surface area contributed by atoms with Crippen molar-refractivity contribution in [1.82, 2.24) is 5.32 Å². The molecule has 126 valence electrons. The van der Waals surface area contributed by atoms with Crippen LogP contribution in [0.4, 0.5) is 11.4 Å². The SMILES string of the molecule is CCOCC1CCCN(c2ccc([N+](=O)[O-])cc2C(=O)NC)C1. The molecule has 1 unspecified atom stereocenters. The molecule has 1 saturated heterocycles. The van der Waals surface area contributed by atoms with Crippen molar-refractivity contribution in [2.24, 2.45) is 5.92 Å². The molecule has 1 amide bonds. The van der Waals surface area contributed by atoms with Crippen molar-refractivity contribution < 1.29 is 14.5 Å². The number of amides is 1. The molecule has 0 aliphatic carbocycles. The summed E-state index contributed by atoms with van der Waals surface area (Å²) in [7, 11) is 1.53. The average molecular weight is 321 g/mol. The number of hydrogen-bond acceptors (Lipinski definition) is 5. The van der Waals surface area contributed by atoms with Crippen LogP contribution in [0.15, 0.2) is 18.2 Å². The average Bonchev–Trinajstić information content (AvgIpc) is 2.58. The number of piperidine rings is 1. The Morgan fingerprint density at radius 2 is 2.30 bits per heavy atom. The van der Waals surface area contributed by atoms with Crippen molar-refractivity contribution in [3.63, 3.8) is 0 Å². The first-order valence-electron chi connectivity index (χ1n) is 7.90. The highest BCUT2D eigenvalue weighted by Gasteiger charge is 2.25. The lowest BCUT2D eigenvalue weighted by molar-refractivity contribution is -0.384. The van der Waals surface area contributed by atoms with E-state index in [1.54, 1.807) is 6.07 Å². The van der Waals surface area contributed by atoms with E-state index in [1.165, 1.54) is 19.2 Å². The Hall–Kier alpha value is -2.15. The van der Waals surface area contributed by atoms with Gasteiger partial charge in [0, 0.05) is 38.9 Å². The molecule has 7 heteroatoms. The van der Waals surface area contributed by atoms with E-state index in [2.05, 4.69) is 10.2 Å². The van der Waals surface area contributed by atoms with Gasteiger partial charge in [0.15, 0.2) is 0 Å². The predicted molar refractivity (Wildman–Crippen MR) is 87.9 cm³/mol. The van der Waals surface area contributed by atoms with Gasteiger partial charge in [0.1, 0.15) is 0 Å². The quantitative estimate of drug-likeness (QED) is 0.641. The highest BCUT2D eigenvalue weighted by atomic mass is 16.6. The molecule has 0 bridgehead atoms. The van der Waals surface area contributed by atoms with Gasteiger partial charge in [0.2, 0.25) is 0 Å². The first-order chi connectivity index (χ1) is 11.1. The van der Waals surface area contributed by atoms with Crippen molar-refractivity contribution in [2.45, 2.75) is 19.8 Å². The smallest absolute Gasteiger partial charge is 0.270 e. The highest BCUT2D eigenvalue weighted by Crippen LogP contribution is 2.29. The molecule has 0 aromatic heterocycles. The van der Waals surface area contributed by atoms with Crippen LogP contribution in [0.25, 0.3) is 0 Å². The van der Waals surface area contributed by atoms with Gasteiger partial charge in [-0.2, -0.15) is 0 Å². The summed E-state index contributed by atoms with van der Waals surface area (Å²) in [6.07, 6.45) is 2.11. The van der Waals surface area contributed by atoms with Gasteiger partial charge in [-0.05, 0) is 31.7 Å². The zero-order valence-electron chi connectivity index (χ0n) is 13.6. The zero-order chi connectivity index (χ0) is 16.8. The second-order valence-electron chi connectivity index (χ2n) is 5.65. The van der Waals surface area contributed by atoms with Gasteiger partial charge in [-0.1, -0.05) is 0 Å². The van der Waals surface area contributed by atoms with E-state index in [4.69, 9.17) is 4.74 Å². The third-order valence-corrected chi connectivity index (χ3v) is 4.08. The molecule has 1 aliphatic heterocycles. The number of benzene rings is 1. The summed E-state index contributed by atoms with van der Waals surface area (Å²) < 4.78 is 5.51. The van der Waals surface area contributed by atoms with E-state index in [-0.39, 0.29) is 11.6 Å². The molecule has 1 N–H and O–H groups in total. The fraction of sp³-hybridized carbons (Fsp3) is 0.562. The van der Waals surface area contributed by atoms with Crippen LogP contribution >= 0.6 is 0 Å². The number of hydrogen-bond donors (Lipinski definition) is 1. The fourth-order valence-electron chi connectivity index (χ4n) is 2.93. The molecule has 1 aromatic carbocycles. The van der Waals surface area contributed by atoms with E-state index in [9.17, 15) is 14.9 Å². The zero-order valence-corrected chi connectivity index (χ0v) is 13.6. The third kappa shape index (κ3) is 4.19. The van der Waals surface area contributed by atoms with Crippen LogP contribution in [0.3, 0.4) is 0 Å². The lowest BCUT2D eigenvalue weighted by Crippen LogP contribution is -2.38. The summed E-state index contributed by atoms with van der Waals surface area (Å²) in [5.74, 6) is 0.104. The van der Waals surface area contributed by atoms with Gasteiger partial charge in [0.25, 0.3) is 11.6 Å². The van der Waals surface area contributed by atoms with Gasteiger partial charge in [-0.3, -0.25) is 14.9 Å². The summed E-state index contributed by atoms with van der Waals surface area (Å²) in [5, 5.41) is 13.5. The molecule has 1 heterocycles. The fourth-order valence-corrected chi connectivity index (χ4v) is 2.93. The van der Waals surface area contributed by atoms with E-state index < -0.39 is 4.92 Å². The van der Waals surface area contributed by atoms with E-state index in [0.717, 1.165) is 31.6 Å². The van der Waals surface area contributed by atoms with E-state index in [0.29, 0.717) is 24.7 Å². The number of nitro benzene ring substituents is 1. The Kier molecular flexibility index (Phi) is 5.92. The Balaban J connectivity index is 2.26. The van der Waals surface area contributed by atoms with Crippen molar-refractivity contribution >= 4 is 17.3 Å². The highest BCUT2D eigenvalue weighted by molar-refractivity contribution is 6.00. The maximum absolute atomic E-state index is 12.1. The molecule has 1 aliphatic rings. The summed E-state index contributed by atoms with van der Waals surface area (Å²) in [4.78, 5) is 24.7. The first-order valence-corrected chi connectivity index (χ1v) is 7.90. The normalized spacial score (nSPS) is 17.8. The number of ether oxygens (including phenoxy) is 1. The Morgan fingerprint density at radius 3 is 2.96 bits per heavy atom. The minimum Gasteiger partial charge on any atom is -0.381 e. The van der Waals surface area contributed by atoms with Crippen LogP contribution < -0.4 is 10.2 Å². The molecule has 7 nitrogen and oxygen atoms in total. The van der Waals surface area contributed by atoms with Crippen LogP contribution in [0.2, 0.25) is 0 Å². The number of anilines is 1. The van der Waals surface area contributed by atoms with Crippen LogP contribution in [0.1, 0.15) is 30.1 Å². The number of carbonyl (C=O) groups is 1. The maximum atomic E-state index is 12.1. The lowest BCUT2D eigenvalue weighted by Gasteiger charge is -2.35. The molecule has 0 radical (unpaired) electrons. The molecule has 2 rings (SSSR count). The number of rotatable bonds is 6. The molecule has 1 fully saturated rings.